The summed E-state index contributed by atoms with van der Waals surface area (Å²) in [5.74, 6) is -5.38. The highest BCUT2D eigenvalue weighted by molar-refractivity contribution is 5.90. The molecule has 3 aliphatic rings. The molecule has 2 aromatic rings. The molecule has 0 unspecified atom stereocenters. The molecule has 0 saturated carbocycles. The number of esters is 1. The van der Waals surface area contributed by atoms with Crippen LogP contribution in [-0.4, -0.2) is 125 Å². The number of aliphatic hydroxyl groups is 4. The molecule has 1 fully saturated rings. The van der Waals surface area contributed by atoms with Gasteiger partial charge in [-0.3, -0.25) is 0 Å². The van der Waals surface area contributed by atoms with Crippen molar-refractivity contribution in [2.24, 2.45) is 0 Å². The molecule has 0 aliphatic carbocycles. The molecule has 2 aromatic carbocycles. The first-order chi connectivity index (χ1) is 23.7. The standard InChI is InChI=1S/C33H32N2O15/c36-14-25-27(39)28(40)29(41)33(50-25)49-24-13-21-17(12-23(24)48-26(38)6-3-15-1-4-18(37)5-2-15)11-22(32(46)47)35(21)8-7-16-9-19(30(42)43)34-20(10-16)31(44)45/h1-9,12-13,20,22,25,27-29,33,36,39-41H,10-11,14H2,(H4,37,38,42,43,44,45,46,47)/p+1/t20-,22+,25-,27-,28+,29-,33-/m1/s1. The molecule has 5 rings (SSSR count). The summed E-state index contributed by atoms with van der Waals surface area (Å²) in [4.78, 5) is 48.5. The van der Waals surface area contributed by atoms with Crippen LogP contribution in [0.15, 0.2) is 65.9 Å². The van der Waals surface area contributed by atoms with E-state index in [2.05, 4.69) is 5.32 Å². The van der Waals surface area contributed by atoms with Gasteiger partial charge in [-0.1, -0.05) is 12.1 Å². The number of carboxylic acids is 3. The number of ether oxygens (including phenoxy) is 3. The third kappa shape index (κ3) is 7.82. The highest BCUT2D eigenvalue weighted by atomic mass is 16.7. The smallest absolute Gasteiger partial charge is 0.373 e. The maximum absolute atomic E-state index is 12.9. The predicted octanol–water partition coefficient (Wildman–Crippen LogP) is -0.745. The monoisotopic (exact) mass is 697 g/mol. The van der Waals surface area contributed by atoms with E-state index in [9.17, 15) is 60.0 Å². The van der Waals surface area contributed by atoms with E-state index < -0.39 is 73.3 Å². The highest BCUT2D eigenvalue weighted by Gasteiger charge is 2.46. The largest absolute Gasteiger partial charge is 0.508 e. The van der Waals surface area contributed by atoms with E-state index in [1.165, 1.54) is 53.3 Å². The number of allylic oxidation sites excluding steroid dienone is 2. The average Bonchev–Trinajstić information content (AvgIpc) is 3.44. The van der Waals surface area contributed by atoms with Gasteiger partial charge in [-0.05, 0) is 41.5 Å². The lowest BCUT2D eigenvalue weighted by Gasteiger charge is -2.39. The molecule has 0 spiro atoms. The molecule has 0 radical (unpaired) electrons. The van der Waals surface area contributed by atoms with E-state index in [1.807, 2.05) is 0 Å². The molecule has 17 heteroatoms. The molecule has 3 heterocycles. The zero-order valence-corrected chi connectivity index (χ0v) is 25.9. The number of aliphatic hydroxyl groups excluding tert-OH is 4. The Morgan fingerprint density at radius 2 is 1.66 bits per heavy atom. The molecule has 17 nitrogen and oxygen atoms in total. The van der Waals surface area contributed by atoms with Crippen LogP contribution in [-0.2, 0) is 30.3 Å². The number of hydrogen-bond acceptors (Lipinski definition) is 13. The molecule has 0 bridgehead atoms. The van der Waals surface area contributed by atoms with Gasteiger partial charge < -0.3 is 60.4 Å². The summed E-state index contributed by atoms with van der Waals surface area (Å²) in [6.07, 6.45) is -2.28. The van der Waals surface area contributed by atoms with Crippen LogP contribution in [0.3, 0.4) is 0 Å². The summed E-state index contributed by atoms with van der Waals surface area (Å²) >= 11 is 0. The summed E-state index contributed by atoms with van der Waals surface area (Å²) in [5.41, 5.74) is 0.995. The van der Waals surface area contributed by atoms with Crippen molar-refractivity contribution in [3.63, 3.8) is 0 Å². The number of nitrogens with one attached hydrogen (secondary N) is 1. The molecule has 1 saturated heterocycles. The van der Waals surface area contributed by atoms with Crippen LogP contribution in [0.4, 0.5) is 5.69 Å². The minimum Gasteiger partial charge on any atom is -0.508 e. The number of nitrogens with zero attached hydrogens (tertiary/aromatic N) is 1. The molecule has 264 valence electrons. The molecular formula is C33H33N2O15+. The Labute approximate surface area is 282 Å². The van der Waals surface area contributed by atoms with Crippen molar-refractivity contribution in [3.05, 3.63) is 77.0 Å². The summed E-state index contributed by atoms with van der Waals surface area (Å²) in [5, 5.41) is 81.6. The molecule has 7 atom stereocenters. The number of phenolic OH excluding ortho intramolecular Hbond substituents is 1. The van der Waals surface area contributed by atoms with Crippen LogP contribution < -0.4 is 14.8 Å². The van der Waals surface area contributed by atoms with Gasteiger partial charge in [0.05, 0.1) is 19.1 Å². The summed E-state index contributed by atoms with van der Waals surface area (Å²) in [7, 11) is 0. The Hall–Kier alpha value is -5.59. The van der Waals surface area contributed by atoms with Gasteiger partial charge >= 0.3 is 23.9 Å². The molecule has 3 aliphatic heterocycles. The van der Waals surface area contributed by atoms with Crippen molar-refractivity contribution < 1.29 is 78.8 Å². The van der Waals surface area contributed by atoms with Gasteiger partial charge in [0, 0.05) is 24.1 Å². The number of hydrogen-bond donors (Lipinski definition) is 9. The van der Waals surface area contributed by atoms with Gasteiger partial charge in [-0.15, -0.1) is 0 Å². The molecule has 9 N–H and O–H groups in total. The normalized spacial score (nSPS) is 27.8. The topological polar surface area (TPSA) is 273 Å². The fourth-order valence-electron chi connectivity index (χ4n) is 5.54. The van der Waals surface area contributed by atoms with Crippen LogP contribution in [0, 0.1) is 0 Å². The fraction of sp³-hybridized carbons (Fsp3) is 0.303. The number of rotatable bonds is 10. The number of carbonyl (C=O) groups excluding carboxylic acids is 1. The first kappa shape index (κ1) is 35.7. The lowest BCUT2D eigenvalue weighted by molar-refractivity contribution is -0.456. The summed E-state index contributed by atoms with van der Waals surface area (Å²) in [6, 6.07) is 6.01. The maximum atomic E-state index is 12.9. The maximum Gasteiger partial charge on any atom is 0.373 e. The Bertz CT molecular complexity index is 1800. The van der Waals surface area contributed by atoms with Crippen molar-refractivity contribution in [2.45, 2.75) is 55.6 Å². The Morgan fingerprint density at radius 3 is 2.30 bits per heavy atom. The molecule has 0 amide bonds. The fourth-order valence-corrected chi connectivity index (χ4v) is 5.54. The number of carboxylic acid groups (broad SMARTS) is 3. The van der Waals surface area contributed by atoms with Crippen molar-refractivity contribution in [1.82, 2.24) is 5.32 Å². The third-order valence-corrected chi connectivity index (χ3v) is 8.14. The first-order valence-electron chi connectivity index (χ1n) is 15.1. The van der Waals surface area contributed by atoms with Gasteiger partial charge in [0.15, 0.2) is 17.7 Å². The van der Waals surface area contributed by atoms with Gasteiger partial charge in [0.1, 0.15) is 41.9 Å². The Morgan fingerprint density at radius 1 is 0.940 bits per heavy atom. The van der Waals surface area contributed by atoms with Crippen LogP contribution in [0.5, 0.6) is 17.2 Å². The number of aromatic hydroxyl groups is 1. The summed E-state index contributed by atoms with van der Waals surface area (Å²) < 4.78 is 18.1. The second kappa shape index (κ2) is 14.9. The van der Waals surface area contributed by atoms with E-state index in [1.54, 1.807) is 12.1 Å². The zero-order chi connectivity index (χ0) is 36.3. The van der Waals surface area contributed by atoms with Crippen LogP contribution in [0.1, 0.15) is 17.5 Å². The van der Waals surface area contributed by atoms with Crippen molar-refractivity contribution in [2.75, 3.05) is 6.61 Å². The van der Waals surface area contributed by atoms with Crippen LogP contribution in [0.2, 0.25) is 0 Å². The van der Waals surface area contributed by atoms with Crippen molar-refractivity contribution >= 4 is 41.9 Å². The highest BCUT2D eigenvalue weighted by Crippen LogP contribution is 2.41. The molecular weight excluding hydrogens is 664 g/mol. The first-order valence-corrected chi connectivity index (χ1v) is 15.1. The van der Waals surface area contributed by atoms with Crippen molar-refractivity contribution in [3.8, 4) is 17.2 Å². The minimum absolute atomic E-state index is 0.0154. The van der Waals surface area contributed by atoms with Gasteiger partial charge in [0.25, 0.3) is 6.04 Å². The lowest BCUT2D eigenvalue weighted by atomic mass is 9.99. The molecule has 0 aromatic heterocycles. The van der Waals surface area contributed by atoms with Gasteiger partial charge in [-0.25, -0.2) is 19.2 Å². The number of phenols is 1. The second-order valence-corrected chi connectivity index (χ2v) is 11.5. The van der Waals surface area contributed by atoms with Gasteiger partial charge in [0.2, 0.25) is 12.0 Å². The predicted molar refractivity (Wildman–Crippen MR) is 168 cm³/mol. The SMILES string of the molecule is O=C(/C=C/c1ccc(O)cc1)Oc1cc2c(cc1O[C@@H]1O[C@H](CO)[C@@H](O)[C@H](O)[C@H]1O)[N+](=C/C=C1/C=C(C(=O)O)N[C@@H](C(=O)O)C1)[C@H](C(=O)O)C2. The lowest BCUT2D eigenvalue weighted by Crippen LogP contribution is -2.60. The number of carbonyl (C=O) groups is 4. The van der Waals surface area contributed by atoms with E-state index in [-0.39, 0.29) is 47.0 Å². The van der Waals surface area contributed by atoms with E-state index >= 15 is 0 Å². The second-order valence-electron chi connectivity index (χ2n) is 11.5. The number of aliphatic carboxylic acids is 3. The third-order valence-electron chi connectivity index (χ3n) is 8.14. The number of benzene rings is 2. The van der Waals surface area contributed by atoms with Crippen LogP contribution in [0.25, 0.3) is 6.08 Å². The minimum atomic E-state index is -1.85. The molecule has 50 heavy (non-hydrogen) atoms. The quantitative estimate of drug-likeness (QED) is 0.0640. The van der Waals surface area contributed by atoms with E-state index in [0.29, 0.717) is 11.1 Å². The Balaban J connectivity index is 1.55. The zero-order valence-electron chi connectivity index (χ0n) is 25.9. The summed E-state index contributed by atoms with van der Waals surface area (Å²) in [6.45, 7) is -0.757. The number of fused-ring (bicyclic) bond motifs is 1. The van der Waals surface area contributed by atoms with E-state index in [0.717, 1.165) is 6.08 Å². The van der Waals surface area contributed by atoms with Gasteiger partial charge in [-0.2, -0.15) is 4.58 Å². The average molecular weight is 698 g/mol. The van der Waals surface area contributed by atoms with E-state index in [4.69, 9.17) is 14.2 Å². The Kier molecular flexibility index (Phi) is 10.6. The van der Waals surface area contributed by atoms with Crippen molar-refractivity contribution in [1.29, 1.82) is 0 Å². The van der Waals surface area contributed by atoms with Crippen LogP contribution >= 0.6 is 0 Å².